The second-order valence-corrected chi connectivity index (χ2v) is 8.08. The van der Waals surface area contributed by atoms with Crippen LogP contribution in [0.15, 0.2) is 41.2 Å². The highest BCUT2D eigenvalue weighted by Crippen LogP contribution is 2.24. The summed E-state index contributed by atoms with van der Waals surface area (Å²) in [6.45, 7) is 9.67. The first-order valence-electron chi connectivity index (χ1n) is 8.95. The van der Waals surface area contributed by atoms with E-state index in [0.717, 1.165) is 21.3 Å². The molecule has 5 nitrogen and oxygen atoms in total. The third-order valence-electron chi connectivity index (χ3n) is 4.27. The summed E-state index contributed by atoms with van der Waals surface area (Å²) >= 11 is 1.19. The largest absolute Gasteiger partial charge is 0.481 e. The maximum absolute atomic E-state index is 12.5. The summed E-state index contributed by atoms with van der Waals surface area (Å²) in [5, 5.41) is 2.87. The first-order valence-corrected chi connectivity index (χ1v) is 9.77. The second kappa shape index (κ2) is 7.56. The average Bonchev–Trinajstić information content (AvgIpc) is 2.88. The predicted octanol–water partition coefficient (Wildman–Crippen LogP) is 4.67. The van der Waals surface area contributed by atoms with Gasteiger partial charge in [0.05, 0.1) is 10.2 Å². The van der Waals surface area contributed by atoms with Crippen LogP contribution in [0.25, 0.3) is 10.2 Å². The minimum absolute atomic E-state index is 0.00925. The Morgan fingerprint density at radius 1 is 1.07 bits per heavy atom. The molecule has 2 aromatic carbocycles. The van der Waals surface area contributed by atoms with Gasteiger partial charge in [-0.3, -0.25) is 14.2 Å². The van der Waals surface area contributed by atoms with Crippen LogP contribution in [0.4, 0.5) is 5.69 Å². The van der Waals surface area contributed by atoms with Gasteiger partial charge in [-0.25, -0.2) is 0 Å². The molecule has 0 radical (unpaired) electrons. The molecular weight excluding hydrogens is 360 g/mol. The average molecular weight is 385 g/mol. The highest BCUT2D eigenvalue weighted by molar-refractivity contribution is 7.16. The second-order valence-electron chi connectivity index (χ2n) is 7.09. The Balaban J connectivity index is 1.76. The molecule has 0 aliphatic carbocycles. The van der Waals surface area contributed by atoms with Gasteiger partial charge < -0.3 is 10.1 Å². The third-order valence-corrected chi connectivity index (χ3v) is 5.19. The van der Waals surface area contributed by atoms with Crippen LogP contribution in [-0.2, 0) is 4.79 Å². The number of thiazole rings is 1. The zero-order valence-electron chi connectivity index (χ0n) is 16.2. The lowest BCUT2D eigenvalue weighted by atomic mass is 10.1. The van der Waals surface area contributed by atoms with Gasteiger partial charge in [-0.15, -0.1) is 0 Å². The number of hydrogen-bond acceptors (Lipinski definition) is 4. The molecule has 0 bridgehead atoms. The van der Waals surface area contributed by atoms with E-state index >= 15 is 0 Å². The van der Waals surface area contributed by atoms with E-state index in [9.17, 15) is 9.59 Å². The number of aryl methyl sites for hydroxylation is 2. The number of benzene rings is 2. The number of carbonyl (C=O) groups excluding carboxylic acids is 1. The van der Waals surface area contributed by atoms with Crippen LogP contribution in [0.1, 0.15) is 37.9 Å². The maximum atomic E-state index is 12.5. The fourth-order valence-electron chi connectivity index (χ4n) is 3.11. The van der Waals surface area contributed by atoms with Crippen LogP contribution >= 0.6 is 11.3 Å². The Kier molecular flexibility index (Phi) is 5.37. The molecule has 3 rings (SSSR count). The van der Waals surface area contributed by atoms with Gasteiger partial charge in [-0.1, -0.05) is 17.4 Å². The minimum Gasteiger partial charge on any atom is -0.481 e. The van der Waals surface area contributed by atoms with Gasteiger partial charge in [0.2, 0.25) is 0 Å². The highest BCUT2D eigenvalue weighted by atomic mass is 32.1. The Hall–Kier alpha value is -2.60. The molecule has 142 valence electrons. The van der Waals surface area contributed by atoms with E-state index in [-0.39, 0.29) is 16.8 Å². The Morgan fingerprint density at radius 2 is 1.74 bits per heavy atom. The zero-order chi connectivity index (χ0) is 19.7. The number of hydrogen-bond donors (Lipinski definition) is 1. The molecule has 0 aliphatic rings. The van der Waals surface area contributed by atoms with Gasteiger partial charge >= 0.3 is 4.87 Å². The van der Waals surface area contributed by atoms with Crippen molar-refractivity contribution in [2.75, 3.05) is 5.32 Å². The molecule has 0 aliphatic heterocycles. The molecule has 0 saturated heterocycles. The minimum atomic E-state index is -0.638. The fourth-order valence-corrected chi connectivity index (χ4v) is 4.16. The Bertz CT molecular complexity index is 1030. The van der Waals surface area contributed by atoms with Gasteiger partial charge in [0.25, 0.3) is 5.91 Å². The Labute approximate surface area is 162 Å². The molecule has 1 aromatic heterocycles. The summed E-state index contributed by atoms with van der Waals surface area (Å²) in [6, 6.07) is 11.5. The van der Waals surface area contributed by atoms with Gasteiger partial charge in [0.1, 0.15) is 5.75 Å². The summed E-state index contributed by atoms with van der Waals surface area (Å²) < 4.78 is 8.41. The van der Waals surface area contributed by atoms with E-state index in [4.69, 9.17) is 4.74 Å². The molecular formula is C21H24N2O3S. The number of aromatic nitrogens is 1. The smallest absolute Gasteiger partial charge is 0.308 e. The van der Waals surface area contributed by atoms with Crippen molar-refractivity contribution in [1.29, 1.82) is 0 Å². The van der Waals surface area contributed by atoms with Gasteiger partial charge in [-0.2, -0.15) is 0 Å². The lowest BCUT2D eigenvalue weighted by Crippen LogP contribution is -2.30. The zero-order valence-corrected chi connectivity index (χ0v) is 17.0. The monoisotopic (exact) mass is 384 g/mol. The summed E-state index contributed by atoms with van der Waals surface area (Å²) in [6.07, 6.45) is -0.638. The SMILES string of the molecule is Cc1cc(C)cc(OC(C)C(=O)Nc2ccc3c(c2)sc(=O)n3C(C)C)c1. The number of fused-ring (bicyclic) bond motifs is 1. The molecule has 1 N–H and O–H groups in total. The first kappa shape index (κ1) is 19.2. The lowest BCUT2D eigenvalue weighted by Gasteiger charge is -2.16. The molecule has 1 unspecified atom stereocenters. The number of rotatable bonds is 5. The van der Waals surface area contributed by atoms with Crippen molar-refractivity contribution >= 4 is 33.1 Å². The van der Waals surface area contributed by atoms with Crippen LogP contribution in [0.5, 0.6) is 5.75 Å². The molecule has 3 aromatic rings. The standard InChI is InChI=1S/C21H24N2O3S/c1-12(2)23-18-7-6-16(11-19(18)27-21(23)25)22-20(24)15(5)26-17-9-13(3)8-14(4)10-17/h6-12,15H,1-5H3,(H,22,24). The lowest BCUT2D eigenvalue weighted by molar-refractivity contribution is -0.122. The summed E-state index contributed by atoms with van der Waals surface area (Å²) in [7, 11) is 0. The van der Waals surface area contributed by atoms with Crippen LogP contribution in [0.2, 0.25) is 0 Å². The topological polar surface area (TPSA) is 60.3 Å². The molecule has 6 heteroatoms. The van der Waals surface area contributed by atoms with Gasteiger partial charge in [0.15, 0.2) is 6.10 Å². The van der Waals surface area contributed by atoms with Crippen molar-refractivity contribution in [3.63, 3.8) is 0 Å². The maximum Gasteiger partial charge on any atom is 0.308 e. The fraction of sp³-hybridized carbons (Fsp3) is 0.333. The summed E-state index contributed by atoms with van der Waals surface area (Å²) in [4.78, 5) is 24.7. The number of carbonyl (C=O) groups is 1. The van der Waals surface area contributed by atoms with Crippen LogP contribution in [-0.4, -0.2) is 16.6 Å². The van der Waals surface area contributed by atoms with Crippen molar-refractivity contribution in [2.24, 2.45) is 0 Å². The third kappa shape index (κ3) is 4.22. The first-order chi connectivity index (χ1) is 12.7. The van der Waals surface area contributed by atoms with E-state index in [1.165, 1.54) is 11.3 Å². The summed E-state index contributed by atoms with van der Waals surface area (Å²) in [5.41, 5.74) is 3.72. The molecule has 27 heavy (non-hydrogen) atoms. The molecule has 0 saturated carbocycles. The molecule has 1 amide bonds. The number of nitrogens with one attached hydrogen (secondary N) is 1. The predicted molar refractivity (Wildman–Crippen MR) is 111 cm³/mol. The van der Waals surface area contributed by atoms with E-state index in [0.29, 0.717) is 11.4 Å². The van der Waals surface area contributed by atoms with Crippen LogP contribution in [0, 0.1) is 13.8 Å². The van der Waals surface area contributed by atoms with Crippen molar-refractivity contribution in [2.45, 2.75) is 46.8 Å². The van der Waals surface area contributed by atoms with Crippen molar-refractivity contribution in [3.8, 4) is 5.75 Å². The molecule has 1 heterocycles. The van der Waals surface area contributed by atoms with Gasteiger partial charge in [-0.05, 0) is 76.1 Å². The van der Waals surface area contributed by atoms with E-state index in [1.807, 2.05) is 58.0 Å². The Morgan fingerprint density at radius 3 is 2.37 bits per heavy atom. The number of ether oxygens (including phenoxy) is 1. The van der Waals surface area contributed by atoms with Crippen LogP contribution < -0.4 is 14.9 Å². The summed E-state index contributed by atoms with van der Waals surface area (Å²) in [5.74, 6) is 0.446. The number of amides is 1. The number of anilines is 1. The highest BCUT2D eigenvalue weighted by Gasteiger charge is 2.16. The van der Waals surface area contributed by atoms with Crippen molar-refractivity contribution in [1.82, 2.24) is 4.57 Å². The van der Waals surface area contributed by atoms with Crippen LogP contribution in [0.3, 0.4) is 0 Å². The quantitative estimate of drug-likeness (QED) is 0.695. The van der Waals surface area contributed by atoms with E-state index in [2.05, 4.69) is 11.4 Å². The van der Waals surface area contributed by atoms with E-state index in [1.54, 1.807) is 11.5 Å². The van der Waals surface area contributed by atoms with Crippen molar-refractivity contribution in [3.05, 3.63) is 57.2 Å². The molecule has 0 spiro atoms. The number of nitrogens with zero attached hydrogens (tertiary/aromatic N) is 1. The van der Waals surface area contributed by atoms with Crippen molar-refractivity contribution < 1.29 is 9.53 Å². The molecule has 0 fully saturated rings. The van der Waals surface area contributed by atoms with E-state index < -0.39 is 6.10 Å². The van der Waals surface area contributed by atoms with Gasteiger partial charge in [0, 0.05) is 11.7 Å². The molecule has 1 atom stereocenters. The normalized spacial score (nSPS) is 12.4.